The van der Waals surface area contributed by atoms with Gasteiger partial charge in [0.15, 0.2) is 0 Å². The number of likely N-dealkylation sites (N-methyl/N-ethyl adjacent to an activating group) is 1. The number of aryl methyl sites for hydroxylation is 2. The summed E-state index contributed by atoms with van der Waals surface area (Å²) in [5.41, 5.74) is 1.86. The van der Waals surface area contributed by atoms with Crippen LogP contribution in [0.5, 0.6) is 0 Å². The summed E-state index contributed by atoms with van der Waals surface area (Å²) in [5, 5.41) is 8.35. The maximum atomic E-state index is 12.0. The van der Waals surface area contributed by atoms with Gasteiger partial charge in [0.1, 0.15) is 6.54 Å². The second-order valence-electron chi connectivity index (χ2n) is 4.36. The molecule has 0 spiro atoms. The van der Waals surface area contributed by atoms with Crippen LogP contribution in [-0.4, -0.2) is 37.4 Å². The van der Waals surface area contributed by atoms with Crippen LogP contribution in [0, 0.1) is 6.92 Å². The van der Waals surface area contributed by atoms with Crippen LogP contribution in [0.1, 0.15) is 11.4 Å². The van der Waals surface area contributed by atoms with E-state index >= 15 is 0 Å². The molecule has 0 aliphatic rings. The van der Waals surface area contributed by atoms with Gasteiger partial charge in [0, 0.05) is 32.2 Å². The standard InChI is InChI=1S/C12H17N5O/c1-10-4-6-13-17(10)9-12(18)15(2)8-11-5-7-16(3)14-11/h4-7H,8-9H2,1-3H3. The smallest absolute Gasteiger partial charge is 0.244 e. The van der Waals surface area contributed by atoms with Gasteiger partial charge in [-0.3, -0.25) is 14.2 Å². The van der Waals surface area contributed by atoms with Gasteiger partial charge in [-0.25, -0.2) is 0 Å². The van der Waals surface area contributed by atoms with Crippen LogP contribution in [0.4, 0.5) is 0 Å². The van der Waals surface area contributed by atoms with Gasteiger partial charge in [0.2, 0.25) is 5.91 Å². The lowest BCUT2D eigenvalue weighted by atomic mass is 10.4. The number of nitrogens with zero attached hydrogens (tertiary/aromatic N) is 5. The fourth-order valence-corrected chi connectivity index (χ4v) is 1.69. The molecule has 6 heteroatoms. The maximum Gasteiger partial charge on any atom is 0.244 e. The Hall–Kier alpha value is -2.11. The van der Waals surface area contributed by atoms with Crippen molar-refractivity contribution in [2.45, 2.75) is 20.0 Å². The lowest BCUT2D eigenvalue weighted by Gasteiger charge is -2.16. The van der Waals surface area contributed by atoms with E-state index < -0.39 is 0 Å². The zero-order chi connectivity index (χ0) is 13.1. The number of rotatable bonds is 4. The molecule has 0 bridgehead atoms. The Balaban J connectivity index is 1.95. The van der Waals surface area contributed by atoms with E-state index in [4.69, 9.17) is 0 Å². The SMILES string of the molecule is Cc1ccnn1CC(=O)N(C)Cc1ccn(C)n1. The minimum atomic E-state index is 0.0208. The highest BCUT2D eigenvalue weighted by atomic mass is 16.2. The van der Waals surface area contributed by atoms with Crippen LogP contribution in [0.2, 0.25) is 0 Å². The molecule has 6 nitrogen and oxygen atoms in total. The Morgan fingerprint density at radius 2 is 2.22 bits per heavy atom. The molecule has 18 heavy (non-hydrogen) atoms. The molecule has 0 aliphatic heterocycles. The van der Waals surface area contributed by atoms with Crippen molar-refractivity contribution in [1.29, 1.82) is 0 Å². The first-order chi connectivity index (χ1) is 8.56. The fraction of sp³-hybridized carbons (Fsp3) is 0.417. The topological polar surface area (TPSA) is 56.0 Å². The summed E-state index contributed by atoms with van der Waals surface area (Å²) in [6, 6.07) is 3.79. The van der Waals surface area contributed by atoms with Crippen LogP contribution >= 0.6 is 0 Å². The third-order valence-corrected chi connectivity index (χ3v) is 2.81. The molecule has 2 aromatic heterocycles. The van der Waals surface area contributed by atoms with Crippen LogP contribution < -0.4 is 0 Å². The number of carbonyl (C=O) groups excluding carboxylic acids is 1. The summed E-state index contributed by atoms with van der Waals surface area (Å²) in [7, 11) is 3.63. The Kier molecular flexibility index (Phi) is 3.45. The van der Waals surface area contributed by atoms with E-state index in [1.54, 1.807) is 27.5 Å². The summed E-state index contributed by atoms with van der Waals surface area (Å²) in [5.74, 6) is 0.0208. The summed E-state index contributed by atoms with van der Waals surface area (Å²) >= 11 is 0. The molecule has 2 rings (SSSR count). The van der Waals surface area contributed by atoms with E-state index in [1.165, 1.54) is 0 Å². The van der Waals surface area contributed by atoms with Crippen molar-refractivity contribution in [3.8, 4) is 0 Å². The molecule has 0 fully saturated rings. The van der Waals surface area contributed by atoms with Crippen molar-refractivity contribution < 1.29 is 4.79 Å². The molecule has 0 radical (unpaired) electrons. The molecular weight excluding hydrogens is 230 g/mol. The van der Waals surface area contributed by atoms with Crippen LogP contribution in [0.3, 0.4) is 0 Å². The maximum absolute atomic E-state index is 12.0. The molecule has 0 saturated heterocycles. The lowest BCUT2D eigenvalue weighted by Crippen LogP contribution is -2.30. The Bertz CT molecular complexity index is 542. The Labute approximate surface area is 106 Å². The van der Waals surface area contributed by atoms with Crippen molar-refractivity contribution in [2.75, 3.05) is 7.05 Å². The molecule has 0 aromatic carbocycles. The van der Waals surface area contributed by atoms with E-state index in [-0.39, 0.29) is 12.5 Å². The third-order valence-electron chi connectivity index (χ3n) is 2.81. The third kappa shape index (κ3) is 2.77. The monoisotopic (exact) mass is 247 g/mol. The molecule has 2 heterocycles. The van der Waals surface area contributed by atoms with Crippen molar-refractivity contribution in [1.82, 2.24) is 24.5 Å². The first kappa shape index (κ1) is 12.3. The van der Waals surface area contributed by atoms with Gasteiger partial charge >= 0.3 is 0 Å². The average molecular weight is 247 g/mol. The highest BCUT2D eigenvalue weighted by molar-refractivity contribution is 5.75. The van der Waals surface area contributed by atoms with Gasteiger partial charge in [-0.05, 0) is 19.1 Å². The van der Waals surface area contributed by atoms with Crippen molar-refractivity contribution in [3.63, 3.8) is 0 Å². The molecule has 0 unspecified atom stereocenters. The predicted octanol–water partition coefficient (Wildman–Crippen LogP) is 0.584. The van der Waals surface area contributed by atoms with E-state index in [0.29, 0.717) is 6.54 Å². The zero-order valence-electron chi connectivity index (χ0n) is 10.9. The summed E-state index contributed by atoms with van der Waals surface area (Å²) < 4.78 is 3.42. The molecule has 2 aromatic rings. The first-order valence-electron chi connectivity index (χ1n) is 5.77. The normalized spacial score (nSPS) is 10.6. The minimum absolute atomic E-state index is 0.0208. The fourth-order valence-electron chi connectivity index (χ4n) is 1.69. The highest BCUT2D eigenvalue weighted by Gasteiger charge is 2.12. The van der Waals surface area contributed by atoms with E-state index in [9.17, 15) is 4.79 Å². The van der Waals surface area contributed by atoms with E-state index in [2.05, 4.69) is 10.2 Å². The molecule has 0 atom stereocenters. The van der Waals surface area contributed by atoms with Gasteiger partial charge in [-0.15, -0.1) is 0 Å². The Morgan fingerprint density at radius 3 is 2.78 bits per heavy atom. The number of carbonyl (C=O) groups is 1. The van der Waals surface area contributed by atoms with Gasteiger partial charge in [0.25, 0.3) is 0 Å². The van der Waals surface area contributed by atoms with Gasteiger partial charge in [-0.1, -0.05) is 0 Å². The number of hydrogen-bond donors (Lipinski definition) is 0. The minimum Gasteiger partial charge on any atom is -0.338 e. The summed E-state index contributed by atoms with van der Waals surface area (Å²) in [6.07, 6.45) is 3.56. The van der Waals surface area contributed by atoms with Crippen molar-refractivity contribution in [3.05, 3.63) is 35.9 Å². The Morgan fingerprint density at radius 1 is 1.44 bits per heavy atom. The highest BCUT2D eigenvalue weighted by Crippen LogP contribution is 2.02. The lowest BCUT2D eigenvalue weighted by molar-refractivity contribution is -0.131. The molecule has 0 saturated carbocycles. The molecular formula is C12H17N5O. The first-order valence-corrected chi connectivity index (χ1v) is 5.77. The second-order valence-corrected chi connectivity index (χ2v) is 4.36. The van der Waals surface area contributed by atoms with Gasteiger partial charge in [-0.2, -0.15) is 10.2 Å². The van der Waals surface area contributed by atoms with Gasteiger partial charge < -0.3 is 4.90 Å². The van der Waals surface area contributed by atoms with E-state index in [0.717, 1.165) is 11.4 Å². The predicted molar refractivity (Wildman–Crippen MR) is 66.6 cm³/mol. The molecule has 1 amide bonds. The zero-order valence-corrected chi connectivity index (χ0v) is 10.9. The quantitative estimate of drug-likeness (QED) is 0.794. The van der Waals surface area contributed by atoms with E-state index in [1.807, 2.05) is 32.3 Å². The molecule has 96 valence electrons. The largest absolute Gasteiger partial charge is 0.338 e. The molecule has 0 aliphatic carbocycles. The van der Waals surface area contributed by atoms with Crippen LogP contribution in [0.25, 0.3) is 0 Å². The molecule has 0 N–H and O–H groups in total. The number of amides is 1. The second kappa shape index (κ2) is 5.03. The summed E-state index contributed by atoms with van der Waals surface area (Å²) in [6.45, 7) is 2.71. The number of hydrogen-bond acceptors (Lipinski definition) is 3. The average Bonchev–Trinajstić information content (AvgIpc) is 2.89. The van der Waals surface area contributed by atoms with Crippen molar-refractivity contribution in [2.24, 2.45) is 7.05 Å². The van der Waals surface area contributed by atoms with Crippen LogP contribution in [-0.2, 0) is 24.9 Å². The summed E-state index contributed by atoms with van der Waals surface area (Å²) in [4.78, 5) is 13.7. The van der Waals surface area contributed by atoms with Crippen molar-refractivity contribution >= 4 is 5.91 Å². The van der Waals surface area contributed by atoms with Gasteiger partial charge in [0.05, 0.1) is 12.2 Å². The number of aromatic nitrogens is 4. The van der Waals surface area contributed by atoms with Crippen LogP contribution in [0.15, 0.2) is 24.5 Å².